The third-order valence-electron chi connectivity index (χ3n) is 3.64. The van der Waals surface area contributed by atoms with E-state index >= 15 is 0 Å². The van der Waals surface area contributed by atoms with Gasteiger partial charge < -0.3 is 5.32 Å². The average molecular weight is 347 g/mol. The van der Waals surface area contributed by atoms with Gasteiger partial charge in [-0.25, -0.2) is 0 Å². The van der Waals surface area contributed by atoms with Gasteiger partial charge in [-0.3, -0.25) is 9.59 Å². The van der Waals surface area contributed by atoms with Crippen LogP contribution in [0.5, 0.6) is 0 Å². The van der Waals surface area contributed by atoms with Crippen molar-refractivity contribution in [3.8, 4) is 0 Å². The molecule has 3 aromatic rings. The summed E-state index contributed by atoms with van der Waals surface area (Å²) in [5, 5.41) is 2.83. The molecular formula is C21H17NO2S. The molecule has 124 valence electrons. The van der Waals surface area contributed by atoms with E-state index in [9.17, 15) is 9.59 Å². The van der Waals surface area contributed by atoms with Gasteiger partial charge in [-0.05, 0) is 29.5 Å². The molecule has 0 unspecified atom stereocenters. The first-order chi connectivity index (χ1) is 12.2. The molecule has 4 heteroatoms. The molecule has 0 heterocycles. The number of amides is 1. The summed E-state index contributed by atoms with van der Waals surface area (Å²) in [5.41, 5.74) is 2.15. The topological polar surface area (TPSA) is 46.2 Å². The average Bonchev–Trinajstić information content (AvgIpc) is 2.68. The number of rotatable bonds is 5. The lowest BCUT2D eigenvalue weighted by molar-refractivity contribution is 0.0948. The quantitative estimate of drug-likeness (QED) is 0.689. The maximum absolute atomic E-state index is 12.5. The molecule has 3 aromatic carbocycles. The molecule has 0 atom stereocenters. The van der Waals surface area contributed by atoms with Gasteiger partial charge in [-0.1, -0.05) is 72.8 Å². The third-order valence-corrected chi connectivity index (χ3v) is 4.64. The van der Waals surface area contributed by atoms with E-state index in [2.05, 4.69) is 5.32 Å². The molecule has 0 radical (unpaired) electrons. The van der Waals surface area contributed by atoms with Gasteiger partial charge in [0.05, 0.1) is 5.56 Å². The first-order valence-electron chi connectivity index (χ1n) is 7.92. The van der Waals surface area contributed by atoms with E-state index < -0.39 is 0 Å². The Balaban J connectivity index is 1.72. The molecule has 0 saturated carbocycles. The number of carbonyl (C=O) groups excluding carboxylic acids is 2. The van der Waals surface area contributed by atoms with Crippen LogP contribution in [0.2, 0.25) is 0 Å². The lowest BCUT2D eigenvalue weighted by atomic mass is 10.2. The number of nitrogens with one attached hydrogen (secondary N) is 1. The molecule has 1 N–H and O–H groups in total. The van der Waals surface area contributed by atoms with Gasteiger partial charge in [0, 0.05) is 17.0 Å². The predicted molar refractivity (Wildman–Crippen MR) is 101 cm³/mol. The van der Waals surface area contributed by atoms with E-state index in [1.807, 2.05) is 54.6 Å². The highest BCUT2D eigenvalue weighted by Gasteiger charge is 2.15. The highest BCUT2D eigenvalue weighted by Crippen LogP contribution is 2.26. The van der Waals surface area contributed by atoms with Gasteiger partial charge in [-0.15, -0.1) is 0 Å². The van der Waals surface area contributed by atoms with Crippen LogP contribution in [0.3, 0.4) is 0 Å². The van der Waals surface area contributed by atoms with Crippen LogP contribution in [-0.2, 0) is 6.54 Å². The number of thioether (sulfide) groups is 1. The summed E-state index contributed by atoms with van der Waals surface area (Å²) in [6.07, 6.45) is 0. The van der Waals surface area contributed by atoms with Crippen molar-refractivity contribution in [3.63, 3.8) is 0 Å². The minimum atomic E-state index is -0.187. The molecule has 1 amide bonds. The molecule has 0 aliphatic rings. The van der Waals surface area contributed by atoms with Crippen LogP contribution in [0.4, 0.5) is 0 Å². The molecule has 0 fully saturated rings. The molecular weight excluding hydrogens is 330 g/mol. The van der Waals surface area contributed by atoms with Crippen molar-refractivity contribution in [3.05, 3.63) is 102 Å². The van der Waals surface area contributed by atoms with Crippen molar-refractivity contribution < 1.29 is 9.59 Å². The molecule has 0 spiro atoms. The lowest BCUT2D eigenvalue weighted by Gasteiger charge is -2.09. The second-order valence-electron chi connectivity index (χ2n) is 5.42. The summed E-state index contributed by atoms with van der Waals surface area (Å²) >= 11 is 1.07. The van der Waals surface area contributed by atoms with Crippen LogP contribution in [0.1, 0.15) is 26.3 Å². The molecule has 25 heavy (non-hydrogen) atoms. The van der Waals surface area contributed by atoms with Crippen molar-refractivity contribution >= 4 is 22.8 Å². The monoisotopic (exact) mass is 347 g/mol. The number of carbonyl (C=O) groups is 2. The van der Waals surface area contributed by atoms with Crippen LogP contribution in [-0.4, -0.2) is 11.0 Å². The molecule has 0 saturated heterocycles. The first-order valence-corrected chi connectivity index (χ1v) is 8.74. The van der Waals surface area contributed by atoms with Crippen LogP contribution in [0.15, 0.2) is 89.8 Å². The predicted octanol–water partition coefficient (Wildman–Crippen LogP) is 4.55. The zero-order chi connectivity index (χ0) is 17.5. The Morgan fingerprint density at radius 3 is 2.08 bits per heavy atom. The Kier molecular flexibility index (Phi) is 5.65. The summed E-state index contributed by atoms with van der Waals surface area (Å²) < 4.78 is 0. The maximum atomic E-state index is 12.5. The van der Waals surface area contributed by atoms with E-state index in [0.29, 0.717) is 22.6 Å². The Morgan fingerprint density at radius 1 is 0.760 bits per heavy atom. The lowest BCUT2D eigenvalue weighted by Crippen LogP contribution is -2.23. The van der Waals surface area contributed by atoms with Crippen LogP contribution >= 0.6 is 11.8 Å². The number of hydrogen-bond donors (Lipinski definition) is 1. The second kappa shape index (κ2) is 8.31. The number of benzene rings is 3. The molecule has 0 aliphatic heterocycles. The van der Waals surface area contributed by atoms with Gasteiger partial charge in [0.25, 0.3) is 5.91 Å². The van der Waals surface area contributed by atoms with E-state index in [0.717, 1.165) is 17.3 Å². The van der Waals surface area contributed by atoms with Gasteiger partial charge >= 0.3 is 0 Å². The fourth-order valence-electron chi connectivity index (χ4n) is 2.35. The Morgan fingerprint density at radius 2 is 1.36 bits per heavy atom. The normalized spacial score (nSPS) is 10.2. The van der Waals surface area contributed by atoms with E-state index in [4.69, 9.17) is 0 Å². The number of hydrogen-bond acceptors (Lipinski definition) is 3. The highest BCUT2D eigenvalue weighted by atomic mass is 32.2. The molecule has 0 aromatic heterocycles. The van der Waals surface area contributed by atoms with Gasteiger partial charge in [0.15, 0.2) is 0 Å². The molecule has 0 bridgehead atoms. The third kappa shape index (κ3) is 4.58. The summed E-state index contributed by atoms with van der Waals surface area (Å²) in [6, 6.07) is 25.9. The van der Waals surface area contributed by atoms with Crippen molar-refractivity contribution in [2.24, 2.45) is 0 Å². The largest absolute Gasteiger partial charge is 0.348 e. The SMILES string of the molecule is O=C(Sc1ccccc1C(=O)NCc1ccccc1)c1ccccc1. The van der Waals surface area contributed by atoms with Gasteiger partial charge in [0.2, 0.25) is 5.12 Å². The first kappa shape index (κ1) is 17.0. The zero-order valence-corrected chi connectivity index (χ0v) is 14.3. The standard InChI is InChI=1S/C21H17NO2S/c23-20(22-15-16-9-3-1-4-10-16)18-13-7-8-14-19(18)25-21(24)17-11-5-2-6-12-17/h1-14H,15H2,(H,22,23). The summed E-state index contributed by atoms with van der Waals surface area (Å²) in [4.78, 5) is 25.6. The fraction of sp³-hybridized carbons (Fsp3) is 0.0476. The van der Waals surface area contributed by atoms with E-state index in [-0.39, 0.29) is 11.0 Å². The molecule has 0 aliphatic carbocycles. The van der Waals surface area contributed by atoms with Crippen molar-refractivity contribution in [2.45, 2.75) is 11.4 Å². The van der Waals surface area contributed by atoms with Crippen molar-refractivity contribution in [1.29, 1.82) is 0 Å². The Labute approximate surface area is 151 Å². The zero-order valence-electron chi connectivity index (χ0n) is 13.5. The van der Waals surface area contributed by atoms with Crippen LogP contribution in [0.25, 0.3) is 0 Å². The minimum Gasteiger partial charge on any atom is -0.348 e. The summed E-state index contributed by atoms with van der Waals surface area (Å²) in [7, 11) is 0. The van der Waals surface area contributed by atoms with Gasteiger partial charge in [-0.2, -0.15) is 0 Å². The van der Waals surface area contributed by atoms with E-state index in [1.165, 1.54) is 0 Å². The summed E-state index contributed by atoms with van der Waals surface area (Å²) in [6.45, 7) is 0.450. The van der Waals surface area contributed by atoms with Crippen LogP contribution < -0.4 is 5.32 Å². The molecule has 3 nitrogen and oxygen atoms in total. The minimum absolute atomic E-state index is 0.0797. The molecule has 3 rings (SSSR count). The van der Waals surface area contributed by atoms with Crippen molar-refractivity contribution in [2.75, 3.05) is 0 Å². The smallest absolute Gasteiger partial charge is 0.252 e. The van der Waals surface area contributed by atoms with Gasteiger partial charge in [0.1, 0.15) is 0 Å². The highest BCUT2D eigenvalue weighted by molar-refractivity contribution is 8.14. The van der Waals surface area contributed by atoms with Crippen LogP contribution in [0, 0.1) is 0 Å². The summed E-state index contributed by atoms with van der Waals surface area (Å²) in [5.74, 6) is -0.187. The van der Waals surface area contributed by atoms with E-state index in [1.54, 1.807) is 30.3 Å². The van der Waals surface area contributed by atoms with Crippen molar-refractivity contribution in [1.82, 2.24) is 5.32 Å². The maximum Gasteiger partial charge on any atom is 0.252 e. The Bertz CT molecular complexity index is 863. The second-order valence-corrected chi connectivity index (χ2v) is 6.43. The Hall–Kier alpha value is -2.85. The fourth-order valence-corrected chi connectivity index (χ4v) is 3.22.